The molecule has 4 rings (SSSR count). The van der Waals surface area contributed by atoms with Crippen molar-refractivity contribution in [3.05, 3.63) is 53.3 Å². The third-order valence-corrected chi connectivity index (χ3v) is 5.27. The molecule has 3 atom stereocenters. The van der Waals surface area contributed by atoms with Crippen LogP contribution >= 0.6 is 0 Å². The van der Waals surface area contributed by atoms with Crippen LogP contribution in [0.1, 0.15) is 30.0 Å². The van der Waals surface area contributed by atoms with Gasteiger partial charge in [0.1, 0.15) is 0 Å². The van der Waals surface area contributed by atoms with E-state index in [9.17, 15) is 9.18 Å². The fraction of sp³-hybridized carbons (Fsp3) is 0.381. The van der Waals surface area contributed by atoms with Crippen LogP contribution in [-0.4, -0.2) is 33.0 Å². The van der Waals surface area contributed by atoms with E-state index in [4.69, 9.17) is 18.9 Å². The van der Waals surface area contributed by atoms with Gasteiger partial charge in [-0.2, -0.15) is 0 Å². The van der Waals surface area contributed by atoms with Crippen LogP contribution in [0.3, 0.4) is 0 Å². The van der Waals surface area contributed by atoms with Gasteiger partial charge >= 0.3 is 5.97 Å². The molecule has 7 heteroatoms. The van der Waals surface area contributed by atoms with E-state index in [0.29, 0.717) is 23.6 Å². The molecule has 0 spiro atoms. The number of rotatable bonds is 5. The highest BCUT2D eigenvalue weighted by atomic mass is 19.1. The lowest BCUT2D eigenvalue weighted by atomic mass is 9.82. The van der Waals surface area contributed by atoms with E-state index in [-0.39, 0.29) is 37.1 Å². The minimum absolute atomic E-state index is 0.135. The van der Waals surface area contributed by atoms with Gasteiger partial charge in [0, 0.05) is 18.5 Å². The molecule has 28 heavy (non-hydrogen) atoms. The molecular formula is C21H22FNO5. The number of nitrogens with one attached hydrogen (secondary N) is 1. The van der Waals surface area contributed by atoms with Crippen molar-refractivity contribution in [2.75, 3.05) is 27.1 Å². The second-order valence-electron chi connectivity index (χ2n) is 6.78. The Labute approximate surface area is 162 Å². The topological polar surface area (TPSA) is 66.0 Å². The summed E-state index contributed by atoms with van der Waals surface area (Å²) in [4.78, 5) is 12.8. The Balaban J connectivity index is 1.68. The van der Waals surface area contributed by atoms with Gasteiger partial charge in [0.2, 0.25) is 6.79 Å². The monoisotopic (exact) mass is 387 g/mol. The number of fused-ring (bicyclic) bond motifs is 1. The Kier molecular flexibility index (Phi) is 5.09. The van der Waals surface area contributed by atoms with Gasteiger partial charge in [-0.1, -0.05) is 12.1 Å². The van der Waals surface area contributed by atoms with Crippen LogP contribution in [0.2, 0.25) is 0 Å². The number of halogens is 1. The minimum atomic E-state index is -0.492. The van der Waals surface area contributed by atoms with Gasteiger partial charge in [-0.15, -0.1) is 0 Å². The highest BCUT2D eigenvalue weighted by molar-refractivity contribution is 5.76. The maximum absolute atomic E-state index is 14.3. The summed E-state index contributed by atoms with van der Waals surface area (Å²) in [5.74, 6) is 0.126. The van der Waals surface area contributed by atoms with E-state index < -0.39 is 11.7 Å². The Morgan fingerprint density at radius 1 is 1.18 bits per heavy atom. The molecule has 6 nitrogen and oxygen atoms in total. The lowest BCUT2D eigenvalue weighted by Crippen LogP contribution is -2.27. The lowest BCUT2D eigenvalue weighted by Gasteiger charge is -2.23. The standard InChI is InChI=1S/C21H22FNO5/c1-3-26-21(24)19-14(12-4-7-17-18(9-12)28-11-27-17)10-23-20(19)13-5-6-16(25-2)15(22)8-13/h4-9,14,19-20,23H,3,10-11H2,1-2H3. The summed E-state index contributed by atoms with van der Waals surface area (Å²) in [5.41, 5.74) is 1.63. The number of ether oxygens (including phenoxy) is 4. The maximum atomic E-state index is 14.3. The summed E-state index contributed by atoms with van der Waals surface area (Å²) < 4.78 is 35.4. The molecule has 0 amide bonds. The SMILES string of the molecule is CCOC(=O)C1C(c2ccc3c(c2)OCO3)CNC1c1ccc(OC)c(F)c1. The van der Waals surface area contributed by atoms with Crippen molar-refractivity contribution < 1.29 is 28.1 Å². The van der Waals surface area contributed by atoms with Crippen molar-refractivity contribution in [3.8, 4) is 17.2 Å². The molecule has 2 aromatic carbocycles. The fourth-order valence-electron chi connectivity index (χ4n) is 3.95. The zero-order valence-electron chi connectivity index (χ0n) is 15.7. The molecule has 2 aromatic rings. The van der Waals surface area contributed by atoms with Crippen molar-refractivity contribution in [1.82, 2.24) is 5.32 Å². The highest BCUT2D eigenvalue weighted by Gasteiger charge is 2.44. The lowest BCUT2D eigenvalue weighted by molar-refractivity contribution is -0.148. The molecule has 1 fully saturated rings. The summed E-state index contributed by atoms with van der Waals surface area (Å²) in [6.45, 7) is 2.81. The molecule has 0 aliphatic carbocycles. The predicted molar refractivity (Wildman–Crippen MR) is 99.1 cm³/mol. The smallest absolute Gasteiger partial charge is 0.311 e. The Bertz CT molecular complexity index is 887. The van der Waals surface area contributed by atoms with Crippen LogP contribution in [-0.2, 0) is 9.53 Å². The second kappa shape index (κ2) is 7.67. The van der Waals surface area contributed by atoms with Crippen molar-refractivity contribution in [2.45, 2.75) is 18.9 Å². The number of methoxy groups -OCH3 is 1. The average molecular weight is 387 g/mol. The van der Waals surface area contributed by atoms with Crippen LogP contribution in [0.5, 0.6) is 17.2 Å². The van der Waals surface area contributed by atoms with Gasteiger partial charge in [0.05, 0.1) is 19.6 Å². The second-order valence-corrected chi connectivity index (χ2v) is 6.78. The average Bonchev–Trinajstić information content (AvgIpc) is 3.34. The molecule has 0 radical (unpaired) electrons. The zero-order chi connectivity index (χ0) is 19.7. The molecule has 1 N–H and O–H groups in total. The van der Waals surface area contributed by atoms with Crippen LogP contribution in [0, 0.1) is 11.7 Å². The van der Waals surface area contributed by atoms with Crippen molar-refractivity contribution >= 4 is 5.97 Å². The third kappa shape index (κ3) is 3.26. The molecule has 148 valence electrons. The first-order valence-corrected chi connectivity index (χ1v) is 9.25. The molecule has 2 aliphatic rings. The number of benzene rings is 2. The molecule has 2 aliphatic heterocycles. The first-order valence-electron chi connectivity index (χ1n) is 9.25. The summed E-state index contributed by atoms with van der Waals surface area (Å²) in [6, 6.07) is 10.1. The first-order chi connectivity index (χ1) is 13.6. The normalized spacial score (nSPS) is 22.9. The van der Waals surface area contributed by atoms with E-state index in [1.165, 1.54) is 13.2 Å². The predicted octanol–water partition coefficient (Wildman–Crippen LogP) is 3.17. The van der Waals surface area contributed by atoms with Gasteiger partial charge in [-0.3, -0.25) is 4.79 Å². The molecule has 0 aromatic heterocycles. The molecule has 1 saturated heterocycles. The molecule has 0 saturated carbocycles. The maximum Gasteiger partial charge on any atom is 0.311 e. The number of carbonyl (C=O) groups excluding carboxylic acids is 1. The van der Waals surface area contributed by atoms with Gasteiger partial charge in [-0.25, -0.2) is 4.39 Å². The Hall–Kier alpha value is -2.80. The Morgan fingerprint density at radius 2 is 1.96 bits per heavy atom. The summed E-state index contributed by atoms with van der Waals surface area (Å²) >= 11 is 0. The number of hydrogen-bond acceptors (Lipinski definition) is 6. The molecule has 2 heterocycles. The first kappa shape index (κ1) is 18.6. The van der Waals surface area contributed by atoms with E-state index in [0.717, 1.165) is 5.56 Å². The fourth-order valence-corrected chi connectivity index (χ4v) is 3.95. The van der Waals surface area contributed by atoms with Gasteiger partial charge < -0.3 is 24.3 Å². The Morgan fingerprint density at radius 3 is 2.71 bits per heavy atom. The van der Waals surface area contributed by atoms with E-state index in [1.54, 1.807) is 19.1 Å². The number of esters is 1. The largest absolute Gasteiger partial charge is 0.494 e. The van der Waals surface area contributed by atoms with E-state index in [2.05, 4.69) is 5.32 Å². The van der Waals surface area contributed by atoms with Crippen molar-refractivity contribution in [3.63, 3.8) is 0 Å². The van der Waals surface area contributed by atoms with Gasteiger partial charge in [0.15, 0.2) is 23.1 Å². The summed E-state index contributed by atoms with van der Waals surface area (Å²) in [6.07, 6.45) is 0. The van der Waals surface area contributed by atoms with Gasteiger partial charge in [-0.05, 0) is 42.3 Å². The van der Waals surface area contributed by atoms with Crippen LogP contribution < -0.4 is 19.5 Å². The van der Waals surface area contributed by atoms with Crippen LogP contribution in [0.15, 0.2) is 36.4 Å². The molecule has 3 unspecified atom stereocenters. The summed E-state index contributed by atoms with van der Waals surface area (Å²) in [5, 5.41) is 3.36. The van der Waals surface area contributed by atoms with Crippen LogP contribution in [0.25, 0.3) is 0 Å². The highest BCUT2D eigenvalue weighted by Crippen LogP contribution is 2.43. The third-order valence-electron chi connectivity index (χ3n) is 5.27. The zero-order valence-corrected chi connectivity index (χ0v) is 15.7. The number of carbonyl (C=O) groups is 1. The van der Waals surface area contributed by atoms with Crippen LogP contribution in [0.4, 0.5) is 4.39 Å². The van der Waals surface area contributed by atoms with E-state index >= 15 is 0 Å². The quantitative estimate of drug-likeness (QED) is 0.795. The van der Waals surface area contributed by atoms with E-state index in [1.807, 2.05) is 18.2 Å². The summed E-state index contributed by atoms with van der Waals surface area (Å²) in [7, 11) is 1.42. The van der Waals surface area contributed by atoms with Crippen molar-refractivity contribution in [1.29, 1.82) is 0 Å². The van der Waals surface area contributed by atoms with Gasteiger partial charge in [0.25, 0.3) is 0 Å². The molecular weight excluding hydrogens is 365 g/mol. The van der Waals surface area contributed by atoms with Crippen molar-refractivity contribution in [2.24, 2.45) is 5.92 Å². The minimum Gasteiger partial charge on any atom is -0.494 e. The number of hydrogen-bond donors (Lipinski definition) is 1. The molecule has 0 bridgehead atoms.